The first kappa shape index (κ1) is 16.9. The highest BCUT2D eigenvalue weighted by atomic mass is 79.9. The van der Waals surface area contributed by atoms with Gasteiger partial charge < -0.3 is 5.32 Å². The highest BCUT2D eigenvalue weighted by Gasteiger charge is 2.35. The van der Waals surface area contributed by atoms with Crippen molar-refractivity contribution < 1.29 is 14.9 Å². The molecule has 1 heterocycles. The molecule has 1 aliphatic heterocycles. The number of imide groups is 1. The van der Waals surface area contributed by atoms with Gasteiger partial charge in [0.25, 0.3) is 11.8 Å². The van der Waals surface area contributed by atoms with Crippen LogP contribution in [-0.2, 0) is 0 Å². The normalized spacial score (nSPS) is 14.8. The van der Waals surface area contributed by atoms with Crippen molar-refractivity contribution in [2.75, 3.05) is 13.1 Å². The molecule has 0 aliphatic carbocycles. The zero-order valence-corrected chi connectivity index (χ0v) is 15.1. The molecule has 0 bridgehead atoms. The topological polar surface area (TPSA) is 54.0 Å². The number of nitrogens with zero attached hydrogens (tertiary/aromatic N) is 1. The van der Waals surface area contributed by atoms with Gasteiger partial charge in [0.1, 0.15) is 6.04 Å². The maximum absolute atomic E-state index is 12.3. The highest BCUT2D eigenvalue weighted by molar-refractivity contribution is 9.10. The smallest absolute Gasteiger partial charge is 0.261 e. The Bertz CT molecular complexity index is 723. The van der Waals surface area contributed by atoms with Crippen molar-refractivity contribution >= 4 is 27.7 Å². The van der Waals surface area contributed by atoms with E-state index in [0.29, 0.717) is 30.3 Å². The summed E-state index contributed by atoms with van der Waals surface area (Å²) in [4.78, 5) is 26.0. The number of quaternary nitrogens is 1. The van der Waals surface area contributed by atoms with Crippen LogP contribution in [-0.4, -0.2) is 29.8 Å². The molecule has 0 spiro atoms. The SMILES string of the molecule is CC[C@@H]([NH2+]CCN1C(=O)c2ccccc2C1=O)c1ccc(Br)cc1. The lowest BCUT2D eigenvalue weighted by atomic mass is 10.0. The summed E-state index contributed by atoms with van der Waals surface area (Å²) >= 11 is 3.45. The number of hydrogen-bond acceptors (Lipinski definition) is 2. The fraction of sp³-hybridized carbons (Fsp3) is 0.263. The molecule has 2 aromatic rings. The number of halogens is 1. The number of hydrogen-bond donors (Lipinski definition) is 1. The van der Waals surface area contributed by atoms with Crippen LogP contribution >= 0.6 is 15.9 Å². The van der Waals surface area contributed by atoms with Crippen LogP contribution in [0.1, 0.15) is 45.7 Å². The van der Waals surface area contributed by atoms with Crippen LogP contribution in [0.25, 0.3) is 0 Å². The van der Waals surface area contributed by atoms with Gasteiger partial charge in [-0.05, 0) is 24.3 Å². The molecule has 5 heteroatoms. The molecule has 0 fully saturated rings. The van der Waals surface area contributed by atoms with Crippen molar-refractivity contribution in [1.29, 1.82) is 0 Å². The molecule has 0 aromatic heterocycles. The number of nitrogens with two attached hydrogens (primary N) is 1. The number of benzene rings is 2. The van der Waals surface area contributed by atoms with Crippen LogP contribution in [0.15, 0.2) is 53.0 Å². The minimum atomic E-state index is -0.180. The second-order valence-electron chi connectivity index (χ2n) is 5.90. The summed E-state index contributed by atoms with van der Waals surface area (Å²) in [6, 6.07) is 15.6. The number of amides is 2. The lowest BCUT2D eigenvalue weighted by molar-refractivity contribution is -0.695. The first-order valence-corrected chi connectivity index (χ1v) is 8.95. The Kier molecular flexibility index (Phi) is 5.11. The molecule has 3 rings (SSSR count). The summed E-state index contributed by atoms with van der Waals surface area (Å²) in [6.07, 6.45) is 0.990. The summed E-state index contributed by atoms with van der Waals surface area (Å²) in [5.74, 6) is -0.360. The van der Waals surface area contributed by atoms with E-state index in [1.54, 1.807) is 24.3 Å². The van der Waals surface area contributed by atoms with Crippen molar-refractivity contribution in [1.82, 2.24) is 4.90 Å². The maximum Gasteiger partial charge on any atom is 0.261 e. The third kappa shape index (κ3) is 3.28. The van der Waals surface area contributed by atoms with Gasteiger partial charge in [0.2, 0.25) is 0 Å². The van der Waals surface area contributed by atoms with Crippen molar-refractivity contribution in [2.45, 2.75) is 19.4 Å². The summed E-state index contributed by atoms with van der Waals surface area (Å²) < 4.78 is 1.06. The van der Waals surface area contributed by atoms with E-state index in [4.69, 9.17) is 0 Å². The lowest BCUT2D eigenvalue weighted by Crippen LogP contribution is -2.86. The minimum Gasteiger partial charge on any atom is -0.339 e. The van der Waals surface area contributed by atoms with E-state index in [1.165, 1.54) is 10.5 Å². The fourth-order valence-corrected chi connectivity index (χ4v) is 3.36. The molecule has 4 nitrogen and oxygen atoms in total. The van der Waals surface area contributed by atoms with Gasteiger partial charge in [-0.15, -0.1) is 0 Å². The standard InChI is InChI=1S/C19H19BrN2O2/c1-2-17(13-7-9-14(20)10-8-13)21-11-12-22-18(23)15-5-3-4-6-16(15)19(22)24/h3-10,17,21H,2,11-12H2,1H3/p+1/t17-/m1/s1. The molecule has 2 N–H and O–H groups in total. The molecule has 2 amide bonds. The average Bonchev–Trinajstić information content (AvgIpc) is 2.85. The molecule has 0 radical (unpaired) electrons. The molecule has 2 aromatic carbocycles. The van der Waals surface area contributed by atoms with Gasteiger partial charge >= 0.3 is 0 Å². The van der Waals surface area contributed by atoms with Crippen molar-refractivity contribution in [3.8, 4) is 0 Å². The van der Waals surface area contributed by atoms with Crippen LogP contribution in [0, 0.1) is 0 Å². The largest absolute Gasteiger partial charge is 0.339 e. The summed E-state index contributed by atoms with van der Waals surface area (Å²) in [5.41, 5.74) is 2.29. The molecule has 0 unspecified atom stereocenters. The first-order valence-electron chi connectivity index (χ1n) is 8.16. The molecule has 24 heavy (non-hydrogen) atoms. The molecular weight excluding hydrogens is 368 g/mol. The third-order valence-corrected chi connectivity index (χ3v) is 4.95. The van der Waals surface area contributed by atoms with Gasteiger partial charge in [-0.25, -0.2) is 0 Å². The van der Waals surface area contributed by atoms with Crippen LogP contribution in [0.4, 0.5) is 0 Å². The first-order chi connectivity index (χ1) is 11.6. The molecule has 1 aliphatic rings. The van der Waals surface area contributed by atoms with E-state index in [9.17, 15) is 9.59 Å². The van der Waals surface area contributed by atoms with Crippen LogP contribution in [0.3, 0.4) is 0 Å². The van der Waals surface area contributed by atoms with E-state index in [1.807, 2.05) is 12.1 Å². The van der Waals surface area contributed by atoms with Crippen LogP contribution < -0.4 is 5.32 Å². The van der Waals surface area contributed by atoms with Gasteiger partial charge in [0, 0.05) is 16.5 Å². The monoisotopic (exact) mass is 387 g/mol. The van der Waals surface area contributed by atoms with Gasteiger partial charge in [0.15, 0.2) is 0 Å². The van der Waals surface area contributed by atoms with Gasteiger partial charge in [0.05, 0.1) is 24.2 Å². The van der Waals surface area contributed by atoms with Gasteiger partial charge in [-0.1, -0.05) is 47.1 Å². The second kappa shape index (κ2) is 7.28. The molecule has 0 saturated carbocycles. The van der Waals surface area contributed by atoms with Gasteiger partial charge in [-0.3, -0.25) is 14.5 Å². The Morgan fingerprint density at radius 2 is 1.58 bits per heavy atom. The number of fused-ring (bicyclic) bond motifs is 1. The van der Waals surface area contributed by atoms with E-state index in [2.05, 4.69) is 40.3 Å². The fourth-order valence-electron chi connectivity index (χ4n) is 3.10. The third-order valence-electron chi connectivity index (χ3n) is 4.42. The Morgan fingerprint density at radius 3 is 2.12 bits per heavy atom. The Labute approximate surface area is 150 Å². The lowest BCUT2D eigenvalue weighted by Gasteiger charge is -2.17. The molecular formula is C19H20BrN2O2+. The zero-order valence-electron chi connectivity index (χ0n) is 13.5. The van der Waals surface area contributed by atoms with Crippen molar-refractivity contribution in [3.05, 3.63) is 69.7 Å². The van der Waals surface area contributed by atoms with Crippen LogP contribution in [0.2, 0.25) is 0 Å². The predicted octanol–water partition coefficient (Wildman–Crippen LogP) is 2.76. The minimum absolute atomic E-state index is 0.180. The molecule has 124 valence electrons. The zero-order chi connectivity index (χ0) is 17.1. The Balaban J connectivity index is 1.61. The average molecular weight is 388 g/mol. The Morgan fingerprint density at radius 1 is 1.00 bits per heavy atom. The van der Waals surface area contributed by atoms with E-state index in [0.717, 1.165) is 10.9 Å². The van der Waals surface area contributed by atoms with Crippen LogP contribution in [0.5, 0.6) is 0 Å². The van der Waals surface area contributed by atoms with E-state index < -0.39 is 0 Å². The number of rotatable bonds is 6. The van der Waals surface area contributed by atoms with Crippen molar-refractivity contribution in [2.24, 2.45) is 0 Å². The Hall–Kier alpha value is -1.98. The number of carbonyl (C=O) groups excluding carboxylic acids is 2. The molecule has 0 saturated heterocycles. The quantitative estimate of drug-likeness (QED) is 0.774. The summed E-state index contributed by atoms with van der Waals surface area (Å²) in [6.45, 7) is 3.27. The summed E-state index contributed by atoms with van der Waals surface area (Å²) in [7, 11) is 0. The highest BCUT2D eigenvalue weighted by Crippen LogP contribution is 2.21. The van der Waals surface area contributed by atoms with Crippen molar-refractivity contribution in [3.63, 3.8) is 0 Å². The maximum atomic E-state index is 12.3. The second-order valence-corrected chi connectivity index (χ2v) is 6.81. The van der Waals surface area contributed by atoms with E-state index >= 15 is 0 Å². The molecule has 1 atom stereocenters. The number of carbonyl (C=O) groups is 2. The summed E-state index contributed by atoms with van der Waals surface area (Å²) in [5, 5.41) is 2.20. The van der Waals surface area contributed by atoms with E-state index in [-0.39, 0.29) is 11.8 Å². The predicted molar refractivity (Wildman–Crippen MR) is 95.8 cm³/mol. The van der Waals surface area contributed by atoms with Gasteiger partial charge in [-0.2, -0.15) is 0 Å².